The highest BCUT2D eigenvalue weighted by Gasteiger charge is 2.50. The minimum absolute atomic E-state index is 0.165. The van der Waals surface area contributed by atoms with Gasteiger partial charge in [-0.25, -0.2) is 4.98 Å². The number of anilines is 1. The van der Waals surface area contributed by atoms with E-state index in [9.17, 15) is 9.59 Å². The second-order valence-corrected chi connectivity index (χ2v) is 5.27. The van der Waals surface area contributed by atoms with Crippen LogP contribution in [-0.4, -0.2) is 28.5 Å². The van der Waals surface area contributed by atoms with Crippen molar-refractivity contribution in [3.8, 4) is 0 Å². The van der Waals surface area contributed by atoms with Gasteiger partial charge in [-0.15, -0.1) is 0 Å². The molecule has 0 aromatic carbocycles. The maximum absolute atomic E-state index is 11.8. The van der Waals surface area contributed by atoms with Gasteiger partial charge in [0.1, 0.15) is 4.88 Å². The predicted octanol–water partition coefficient (Wildman–Crippen LogP) is 0.628. The lowest BCUT2D eigenvalue weighted by atomic mass is 10.1. The van der Waals surface area contributed by atoms with Crippen molar-refractivity contribution in [2.75, 3.05) is 12.3 Å². The molecule has 1 heterocycles. The quantitative estimate of drug-likeness (QED) is 0.731. The number of thiazole rings is 1. The zero-order valence-electron chi connectivity index (χ0n) is 9.32. The second-order valence-electron chi connectivity index (χ2n) is 4.23. The van der Waals surface area contributed by atoms with E-state index in [1.807, 2.05) is 0 Å². The van der Waals surface area contributed by atoms with E-state index in [0.29, 0.717) is 28.5 Å². The number of aryl methyl sites for hydroxylation is 1. The first-order valence-electron chi connectivity index (χ1n) is 5.19. The highest BCUT2D eigenvalue weighted by Crippen LogP contribution is 2.45. The lowest BCUT2D eigenvalue weighted by Gasteiger charge is -2.10. The molecule has 1 aliphatic carbocycles. The van der Waals surface area contributed by atoms with E-state index >= 15 is 0 Å². The summed E-state index contributed by atoms with van der Waals surface area (Å²) in [5.74, 6) is -1.15. The van der Waals surface area contributed by atoms with Gasteiger partial charge in [-0.3, -0.25) is 9.59 Å². The molecular weight excluding hydrogens is 242 g/mol. The highest BCUT2D eigenvalue weighted by atomic mass is 32.1. The number of aromatic nitrogens is 1. The Hall–Kier alpha value is -1.63. The number of nitrogen functional groups attached to an aromatic ring is 1. The molecule has 1 aromatic heterocycles. The van der Waals surface area contributed by atoms with Gasteiger partial charge in [0.2, 0.25) is 0 Å². The standard InChI is InChI=1S/C10H13N3O3S/c1-5-6(17-9(11)13-5)7(14)12-4-10(2-3-10)8(15)16/h2-4H2,1H3,(H2,11,13)(H,12,14)(H,15,16). The normalized spacial score (nSPS) is 16.5. The summed E-state index contributed by atoms with van der Waals surface area (Å²) < 4.78 is 0. The molecule has 1 fully saturated rings. The van der Waals surface area contributed by atoms with Crippen LogP contribution >= 0.6 is 11.3 Å². The first-order valence-corrected chi connectivity index (χ1v) is 6.01. The monoisotopic (exact) mass is 255 g/mol. The van der Waals surface area contributed by atoms with Gasteiger partial charge in [-0.05, 0) is 19.8 Å². The summed E-state index contributed by atoms with van der Waals surface area (Å²) in [6.07, 6.45) is 1.23. The summed E-state index contributed by atoms with van der Waals surface area (Å²) in [6, 6.07) is 0. The zero-order chi connectivity index (χ0) is 12.6. The van der Waals surface area contributed by atoms with Crippen LogP contribution in [0.4, 0.5) is 5.13 Å². The number of nitrogens with one attached hydrogen (secondary N) is 1. The number of carboxylic acid groups (broad SMARTS) is 1. The summed E-state index contributed by atoms with van der Waals surface area (Å²) in [6.45, 7) is 1.87. The van der Waals surface area contributed by atoms with Gasteiger partial charge >= 0.3 is 5.97 Å². The maximum atomic E-state index is 11.8. The van der Waals surface area contributed by atoms with Gasteiger partial charge in [0.15, 0.2) is 5.13 Å². The van der Waals surface area contributed by atoms with Crippen LogP contribution in [0.3, 0.4) is 0 Å². The fourth-order valence-corrected chi connectivity index (χ4v) is 2.32. The number of rotatable bonds is 4. The average Bonchev–Trinajstić information content (AvgIpc) is 2.97. The molecule has 1 amide bonds. The van der Waals surface area contributed by atoms with E-state index in [4.69, 9.17) is 10.8 Å². The molecule has 17 heavy (non-hydrogen) atoms. The molecule has 7 heteroatoms. The van der Waals surface area contributed by atoms with Crippen LogP contribution in [0.1, 0.15) is 28.2 Å². The molecule has 0 radical (unpaired) electrons. The first kappa shape index (κ1) is 11.8. The van der Waals surface area contributed by atoms with E-state index in [1.54, 1.807) is 6.92 Å². The van der Waals surface area contributed by atoms with E-state index < -0.39 is 11.4 Å². The third-order valence-electron chi connectivity index (χ3n) is 2.91. The summed E-state index contributed by atoms with van der Waals surface area (Å²) in [5.41, 5.74) is 5.32. The van der Waals surface area contributed by atoms with E-state index in [-0.39, 0.29) is 12.5 Å². The van der Waals surface area contributed by atoms with Crippen LogP contribution in [-0.2, 0) is 4.79 Å². The SMILES string of the molecule is Cc1nc(N)sc1C(=O)NCC1(C(=O)O)CC1. The second kappa shape index (κ2) is 3.99. The zero-order valence-corrected chi connectivity index (χ0v) is 10.1. The van der Waals surface area contributed by atoms with E-state index in [1.165, 1.54) is 0 Å². The lowest BCUT2D eigenvalue weighted by molar-refractivity contribution is -0.143. The van der Waals surface area contributed by atoms with Crippen LogP contribution in [0, 0.1) is 12.3 Å². The van der Waals surface area contributed by atoms with Gasteiger partial charge in [0.05, 0.1) is 11.1 Å². The van der Waals surface area contributed by atoms with Crippen molar-refractivity contribution in [3.05, 3.63) is 10.6 Å². The molecule has 0 unspecified atom stereocenters. The van der Waals surface area contributed by atoms with Crippen molar-refractivity contribution in [3.63, 3.8) is 0 Å². The Labute approximate surface area is 102 Å². The molecule has 1 aliphatic rings. The Balaban J connectivity index is 1.99. The Kier molecular flexibility index (Phi) is 2.78. The maximum Gasteiger partial charge on any atom is 0.311 e. The Morgan fingerprint density at radius 2 is 2.24 bits per heavy atom. The minimum atomic E-state index is -0.849. The predicted molar refractivity (Wildman–Crippen MR) is 62.9 cm³/mol. The number of carboxylic acids is 1. The van der Waals surface area contributed by atoms with E-state index in [0.717, 1.165) is 11.3 Å². The van der Waals surface area contributed by atoms with Crippen molar-refractivity contribution in [1.82, 2.24) is 10.3 Å². The van der Waals surface area contributed by atoms with Gasteiger partial charge in [-0.2, -0.15) is 0 Å². The van der Waals surface area contributed by atoms with Crippen LogP contribution in [0.5, 0.6) is 0 Å². The van der Waals surface area contributed by atoms with Crippen LogP contribution in [0.2, 0.25) is 0 Å². The van der Waals surface area contributed by atoms with Gasteiger partial charge < -0.3 is 16.2 Å². The molecule has 0 aliphatic heterocycles. The molecule has 0 spiro atoms. The van der Waals surface area contributed by atoms with Gasteiger partial charge in [0, 0.05) is 6.54 Å². The van der Waals surface area contributed by atoms with Crippen LogP contribution < -0.4 is 11.1 Å². The minimum Gasteiger partial charge on any atom is -0.481 e. The smallest absolute Gasteiger partial charge is 0.311 e. The lowest BCUT2D eigenvalue weighted by Crippen LogP contribution is -2.34. The number of aliphatic carboxylic acids is 1. The molecule has 0 atom stereocenters. The summed E-state index contributed by atoms with van der Waals surface area (Å²) in [7, 11) is 0. The molecule has 1 saturated carbocycles. The van der Waals surface area contributed by atoms with Crippen molar-refractivity contribution >= 4 is 28.3 Å². The Morgan fingerprint density at radius 1 is 1.59 bits per heavy atom. The summed E-state index contributed by atoms with van der Waals surface area (Å²) in [4.78, 5) is 27.1. The summed E-state index contributed by atoms with van der Waals surface area (Å²) in [5, 5.41) is 11.9. The molecule has 2 rings (SSSR count). The third kappa shape index (κ3) is 2.23. The van der Waals surface area contributed by atoms with Crippen LogP contribution in [0.25, 0.3) is 0 Å². The number of carbonyl (C=O) groups is 2. The number of carbonyl (C=O) groups excluding carboxylic acids is 1. The fourth-order valence-electron chi connectivity index (χ4n) is 1.57. The average molecular weight is 255 g/mol. The van der Waals surface area contributed by atoms with Crippen molar-refractivity contribution < 1.29 is 14.7 Å². The van der Waals surface area contributed by atoms with Gasteiger partial charge in [0.25, 0.3) is 5.91 Å². The molecule has 0 saturated heterocycles. The molecule has 0 bridgehead atoms. The molecule has 1 aromatic rings. The van der Waals surface area contributed by atoms with Gasteiger partial charge in [-0.1, -0.05) is 11.3 Å². The topological polar surface area (TPSA) is 105 Å². The van der Waals surface area contributed by atoms with Crippen molar-refractivity contribution in [2.45, 2.75) is 19.8 Å². The number of nitrogens with two attached hydrogens (primary N) is 1. The Morgan fingerprint density at radius 3 is 2.65 bits per heavy atom. The number of nitrogens with zero attached hydrogens (tertiary/aromatic N) is 1. The highest BCUT2D eigenvalue weighted by molar-refractivity contribution is 7.17. The van der Waals surface area contributed by atoms with Crippen molar-refractivity contribution in [1.29, 1.82) is 0 Å². The first-order chi connectivity index (χ1) is 7.94. The Bertz CT molecular complexity index is 479. The van der Waals surface area contributed by atoms with E-state index in [2.05, 4.69) is 10.3 Å². The fraction of sp³-hybridized carbons (Fsp3) is 0.500. The number of hydrogen-bond donors (Lipinski definition) is 3. The third-order valence-corrected chi connectivity index (χ3v) is 3.90. The molecular formula is C10H13N3O3S. The molecule has 6 nitrogen and oxygen atoms in total. The molecule has 92 valence electrons. The number of amides is 1. The largest absolute Gasteiger partial charge is 0.481 e. The number of hydrogen-bond acceptors (Lipinski definition) is 5. The summed E-state index contributed by atoms with van der Waals surface area (Å²) >= 11 is 1.11. The van der Waals surface area contributed by atoms with Crippen LogP contribution in [0.15, 0.2) is 0 Å². The van der Waals surface area contributed by atoms with Crippen molar-refractivity contribution in [2.24, 2.45) is 5.41 Å². The molecule has 4 N–H and O–H groups in total.